The predicted molar refractivity (Wildman–Crippen MR) is 65.5 cm³/mol. The molecular formula is C13H16N2O. The number of nitrogens with zero attached hydrogens (tertiary/aromatic N) is 2. The standard InChI is InChI=1S/C13H16N2O/c1-3-9-14-10-11(2)15(13(14)16)12-7-5-4-6-8-12/h3-8,11H,1,9-10H2,2H3. The Kier molecular flexibility index (Phi) is 2.95. The Morgan fingerprint density at radius 3 is 2.75 bits per heavy atom. The minimum absolute atomic E-state index is 0.0681. The van der Waals surface area contributed by atoms with Crippen LogP contribution in [-0.4, -0.2) is 30.1 Å². The van der Waals surface area contributed by atoms with Crippen molar-refractivity contribution in [3.05, 3.63) is 43.0 Å². The van der Waals surface area contributed by atoms with Crippen LogP contribution in [0.4, 0.5) is 10.5 Å². The van der Waals surface area contributed by atoms with Crippen LogP contribution in [0.15, 0.2) is 43.0 Å². The summed E-state index contributed by atoms with van der Waals surface area (Å²) in [4.78, 5) is 15.8. The summed E-state index contributed by atoms with van der Waals surface area (Å²) in [6, 6.07) is 10.1. The second-order valence-electron chi connectivity index (χ2n) is 4.03. The third-order valence-corrected chi connectivity index (χ3v) is 2.79. The zero-order valence-electron chi connectivity index (χ0n) is 9.47. The molecule has 1 aliphatic rings. The fraction of sp³-hybridized carbons (Fsp3) is 0.308. The molecule has 1 heterocycles. The van der Waals surface area contributed by atoms with Crippen LogP contribution in [-0.2, 0) is 0 Å². The van der Waals surface area contributed by atoms with Crippen LogP contribution < -0.4 is 4.90 Å². The molecule has 3 heteroatoms. The van der Waals surface area contributed by atoms with Gasteiger partial charge in [-0.3, -0.25) is 4.90 Å². The zero-order chi connectivity index (χ0) is 11.5. The molecule has 1 saturated heterocycles. The van der Waals surface area contributed by atoms with E-state index in [0.717, 1.165) is 12.2 Å². The lowest BCUT2D eigenvalue weighted by atomic mass is 10.2. The van der Waals surface area contributed by atoms with Crippen LogP contribution in [0.3, 0.4) is 0 Å². The minimum atomic E-state index is 0.0681. The van der Waals surface area contributed by atoms with E-state index in [-0.39, 0.29) is 12.1 Å². The van der Waals surface area contributed by atoms with Gasteiger partial charge in [0.15, 0.2) is 0 Å². The maximum absolute atomic E-state index is 12.1. The summed E-state index contributed by atoms with van der Waals surface area (Å²) in [6.45, 7) is 7.11. The lowest BCUT2D eigenvalue weighted by Gasteiger charge is -2.20. The van der Waals surface area contributed by atoms with Gasteiger partial charge in [0, 0.05) is 18.8 Å². The third-order valence-electron chi connectivity index (χ3n) is 2.79. The molecule has 2 amide bonds. The summed E-state index contributed by atoms with van der Waals surface area (Å²) < 4.78 is 0. The van der Waals surface area contributed by atoms with Crippen molar-refractivity contribution in [3.63, 3.8) is 0 Å². The zero-order valence-corrected chi connectivity index (χ0v) is 9.47. The fourth-order valence-electron chi connectivity index (χ4n) is 2.08. The predicted octanol–water partition coefficient (Wildman–Crippen LogP) is 2.50. The Bertz CT molecular complexity index is 388. The number of rotatable bonds is 3. The van der Waals surface area contributed by atoms with Gasteiger partial charge in [0.2, 0.25) is 0 Å². The lowest BCUT2D eigenvalue weighted by Crippen LogP contribution is -2.33. The molecule has 0 spiro atoms. The topological polar surface area (TPSA) is 23.6 Å². The van der Waals surface area contributed by atoms with Gasteiger partial charge in [-0.15, -0.1) is 6.58 Å². The van der Waals surface area contributed by atoms with Crippen molar-refractivity contribution >= 4 is 11.7 Å². The van der Waals surface area contributed by atoms with Gasteiger partial charge in [0.1, 0.15) is 0 Å². The minimum Gasteiger partial charge on any atom is -0.319 e. The Morgan fingerprint density at radius 1 is 1.44 bits per heavy atom. The van der Waals surface area contributed by atoms with Gasteiger partial charge in [-0.2, -0.15) is 0 Å². The molecule has 1 fully saturated rings. The number of benzene rings is 1. The smallest absolute Gasteiger partial charge is 0.319 e. The first kappa shape index (κ1) is 10.7. The molecule has 0 aromatic heterocycles. The summed E-state index contributed by atoms with van der Waals surface area (Å²) in [6.07, 6.45) is 1.76. The van der Waals surface area contributed by atoms with E-state index in [4.69, 9.17) is 0 Å². The van der Waals surface area contributed by atoms with Gasteiger partial charge in [0.25, 0.3) is 0 Å². The maximum atomic E-state index is 12.1. The number of hydrogen-bond donors (Lipinski definition) is 0. The van der Waals surface area contributed by atoms with E-state index in [9.17, 15) is 4.79 Å². The summed E-state index contributed by atoms with van der Waals surface area (Å²) in [7, 11) is 0. The molecule has 0 saturated carbocycles. The van der Waals surface area contributed by atoms with Crippen LogP contribution in [0, 0.1) is 0 Å². The first-order chi connectivity index (χ1) is 7.74. The van der Waals surface area contributed by atoms with E-state index >= 15 is 0 Å². The first-order valence-corrected chi connectivity index (χ1v) is 5.48. The van der Waals surface area contributed by atoms with Crippen LogP contribution in [0.1, 0.15) is 6.92 Å². The quantitative estimate of drug-likeness (QED) is 0.712. The van der Waals surface area contributed by atoms with Crippen molar-refractivity contribution < 1.29 is 4.79 Å². The van der Waals surface area contributed by atoms with Crippen molar-refractivity contribution in [2.45, 2.75) is 13.0 Å². The lowest BCUT2D eigenvalue weighted by molar-refractivity contribution is 0.225. The number of carbonyl (C=O) groups is 1. The van der Waals surface area contributed by atoms with E-state index in [0.29, 0.717) is 6.54 Å². The number of hydrogen-bond acceptors (Lipinski definition) is 1. The monoisotopic (exact) mass is 216 g/mol. The summed E-state index contributed by atoms with van der Waals surface area (Å²) in [5, 5.41) is 0. The SMILES string of the molecule is C=CCN1CC(C)N(c2ccccc2)C1=O. The van der Waals surface area contributed by atoms with Crippen LogP contribution in [0.25, 0.3) is 0 Å². The number of urea groups is 1. The third kappa shape index (κ3) is 1.81. The van der Waals surface area contributed by atoms with Crippen molar-refractivity contribution in [3.8, 4) is 0 Å². The Labute approximate surface area is 96.0 Å². The highest BCUT2D eigenvalue weighted by Gasteiger charge is 2.34. The highest BCUT2D eigenvalue weighted by molar-refractivity contribution is 5.94. The van der Waals surface area contributed by atoms with Crippen LogP contribution in [0.5, 0.6) is 0 Å². The Morgan fingerprint density at radius 2 is 2.12 bits per heavy atom. The van der Waals surface area contributed by atoms with Crippen molar-refractivity contribution in [2.24, 2.45) is 0 Å². The average molecular weight is 216 g/mol. The van der Waals surface area contributed by atoms with Crippen molar-refractivity contribution in [1.29, 1.82) is 0 Å². The van der Waals surface area contributed by atoms with E-state index in [1.807, 2.05) is 40.1 Å². The van der Waals surface area contributed by atoms with E-state index in [2.05, 4.69) is 13.5 Å². The van der Waals surface area contributed by atoms with Gasteiger partial charge < -0.3 is 4.90 Å². The van der Waals surface area contributed by atoms with Gasteiger partial charge in [-0.05, 0) is 19.1 Å². The number of para-hydroxylation sites is 1. The molecule has 1 aromatic carbocycles. The largest absolute Gasteiger partial charge is 0.325 e. The molecule has 3 nitrogen and oxygen atoms in total. The molecule has 16 heavy (non-hydrogen) atoms. The maximum Gasteiger partial charge on any atom is 0.325 e. The Balaban J connectivity index is 2.23. The summed E-state index contributed by atoms with van der Waals surface area (Å²) >= 11 is 0. The second-order valence-corrected chi connectivity index (χ2v) is 4.03. The number of amides is 2. The first-order valence-electron chi connectivity index (χ1n) is 5.48. The molecule has 1 aromatic rings. The molecule has 0 aliphatic carbocycles. The molecular weight excluding hydrogens is 200 g/mol. The van der Waals surface area contributed by atoms with Gasteiger partial charge >= 0.3 is 6.03 Å². The molecule has 0 N–H and O–H groups in total. The summed E-state index contributed by atoms with van der Waals surface area (Å²) in [5.41, 5.74) is 0.964. The van der Waals surface area contributed by atoms with E-state index < -0.39 is 0 Å². The highest BCUT2D eigenvalue weighted by Crippen LogP contribution is 2.23. The molecule has 1 atom stereocenters. The van der Waals surface area contributed by atoms with Crippen LogP contribution >= 0.6 is 0 Å². The second kappa shape index (κ2) is 4.39. The number of anilines is 1. The van der Waals surface area contributed by atoms with E-state index in [1.165, 1.54) is 0 Å². The fourth-order valence-corrected chi connectivity index (χ4v) is 2.08. The Hall–Kier alpha value is -1.77. The number of carbonyl (C=O) groups excluding carboxylic acids is 1. The van der Waals surface area contributed by atoms with Gasteiger partial charge in [-0.25, -0.2) is 4.79 Å². The summed E-state index contributed by atoms with van der Waals surface area (Å²) in [5.74, 6) is 0. The molecule has 1 unspecified atom stereocenters. The van der Waals surface area contributed by atoms with Crippen molar-refractivity contribution in [1.82, 2.24) is 4.90 Å². The molecule has 84 valence electrons. The average Bonchev–Trinajstić information content (AvgIpc) is 2.56. The molecule has 0 radical (unpaired) electrons. The highest BCUT2D eigenvalue weighted by atomic mass is 16.2. The molecule has 2 rings (SSSR count). The molecule has 1 aliphatic heterocycles. The normalized spacial score (nSPS) is 20.3. The molecule has 0 bridgehead atoms. The van der Waals surface area contributed by atoms with Gasteiger partial charge in [-0.1, -0.05) is 24.3 Å². The van der Waals surface area contributed by atoms with E-state index in [1.54, 1.807) is 6.08 Å². The van der Waals surface area contributed by atoms with Crippen molar-refractivity contribution in [2.75, 3.05) is 18.0 Å². The van der Waals surface area contributed by atoms with Crippen LogP contribution in [0.2, 0.25) is 0 Å². The van der Waals surface area contributed by atoms with Gasteiger partial charge in [0.05, 0.1) is 6.04 Å².